The molecule has 0 amide bonds. The van der Waals surface area contributed by atoms with E-state index in [0.717, 1.165) is 20.8 Å². The zero-order valence-corrected chi connectivity index (χ0v) is 15.8. The molecule has 2 aromatic carbocycles. The monoisotopic (exact) mass is 404 g/mol. The zero-order chi connectivity index (χ0) is 17.0. The summed E-state index contributed by atoms with van der Waals surface area (Å²) in [6, 6.07) is 15.4. The molecule has 1 heterocycles. The summed E-state index contributed by atoms with van der Waals surface area (Å²) in [6.45, 7) is 2.64. The van der Waals surface area contributed by atoms with Crippen molar-refractivity contribution in [3.63, 3.8) is 0 Å². The Morgan fingerprint density at radius 3 is 2.62 bits per heavy atom. The summed E-state index contributed by atoms with van der Waals surface area (Å²) < 4.78 is 20.2. The molecule has 0 aliphatic heterocycles. The van der Waals surface area contributed by atoms with E-state index in [-0.39, 0.29) is 0 Å². The van der Waals surface area contributed by atoms with Crippen LogP contribution in [0.25, 0.3) is 10.8 Å². The van der Waals surface area contributed by atoms with Gasteiger partial charge >= 0.3 is 7.52 Å². The van der Waals surface area contributed by atoms with Gasteiger partial charge in [0.25, 0.3) is 0 Å². The highest BCUT2D eigenvalue weighted by Crippen LogP contribution is 2.44. The van der Waals surface area contributed by atoms with Crippen LogP contribution >= 0.6 is 23.4 Å². The Bertz CT molecular complexity index is 887. The Labute approximate surface area is 149 Å². The molecule has 4 nitrogen and oxygen atoms in total. The number of aromatic nitrogens is 1. The summed E-state index contributed by atoms with van der Waals surface area (Å²) in [4.78, 5) is 4.09. The summed E-state index contributed by atoms with van der Waals surface area (Å²) in [5, 5.41) is 5.74. The molecule has 0 fully saturated rings. The second-order valence-electron chi connectivity index (χ2n) is 5.28. The number of benzene rings is 2. The molecule has 1 aromatic heterocycles. The van der Waals surface area contributed by atoms with Crippen molar-refractivity contribution in [3.8, 4) is 0 Å². The molecule has 6 heteroatoms. The van der Waals surface area contributed by atoms with E-state index >= 15 is 0 Å². The fraction of sp³-hybridized carbons (Fsp3) is 0.167. The number of halogens is 1. The molecule has 1 unspecified atom stereocenters. The van der Waals surface area contributed by atoms with Gasteiger partial charge in [-0.1, -0.05) is 46.3 Å². The van der Waals surface area contributed by atoms with Crippen LogP contribution in [0.3, 0.4) is 0 Å². The summed E-state index contributed by atoms with van der Waals surface area (Å²) in [5.74, 6) is 0. The number of fused-ring (bicyclic) bond motifs is 1. The second kappa shape index (κ2) is 7.58. The number of nitrogens with zero attached hydrogens (tertiary/aromatic N) is 1. The maximum atomic E-state index is 13.5. The van der Waals surface area contributed by atoms with Gasteiger partial charge in [0.15, 0.2) is 0 Å². The van der Waals surface area contributed by atoms with Crippen LogP contribution < -0.4 is 10.4 Å². The Morgan fingerprint density at radius 2 is 1.92 bits per heavy atom. The third kappa shape index (κ3) is 3.60. The van der Waals surface area contributed by atoms with Gasteiger partial charge in [0.05, 0.1) is 11.9 Å². The first-order valence-corrected chi connectivity index (χ1v) is 10.1. The van der Waals surface area contributed by atoms with E-state index in [1.54, 1.807) is 12.4 Å². The Morgan fingerprint density at radius 1 is 1.12 bits per heavy atom. The van der Waals surface area contributed by atoms with Crippen LogP contribution in [0.1, 0.15) is 12.5 Å². The first kappa shape index (κ1) is 17.3. The van der Waals surface area contributed by atoms with E-state index < -0.39 is 7.52 Å². The summed E-state index contributed by atoms with van der Waals surface area (Å²) in [6.07, 6.45) is 3.47. The van der Waals surface area contributed by atoms with Gasteiger partial charge in [-0.2, -0.15) is 0 Å². The van der Waals surface area contributed by atoms with Gasteiger partial charge in [0.1, 0.15) is 0 Å². The molecular formula is C18H18BrN2O2P. The fourth-order valence-electron chi connectivity index (χ4n) is 2.58. The predicted molar refractivity (Wildman–Crippen MR) is 102 cm³/mol. The quantitative estimate of drug-likeness (QED) is 0.607. The number of nitrogens with one attached hydrogen (secondary N) is 1. The van der Waals surface area contributed by atoms with Gasteiger partial charge in [0.2, 0.25) is 0 Å². The van der Waals surface area contributed by atoms with E-state index in [2.05, 4.69) is 26.0 Å². The van der Waals surface area contributed by atoms with Crippen LogP contribution in [0.15, 0.2) is 65.4 Å². The van der Waals surface area contributed by atoms with Crippen LogP contribution in [0, 0.1) is 0 Å². The van der Waals surface area contributed by atoms with E-state index in [0.29, 0.717) is 18.5 Å². The van der Waals surface area contributed by atoms with Crippen molar-refractivity contribution >= 4 is 39.5 Å². The van der Waals surface area contributed by atoms with E-state index in [1.807, 2.05) is 55.5 Å². The number of hydrogen-bond acceptors (Lipinski definition) is 3. The van der Waals surface area contributed by atoms with Crippen LogP contribution in [0.5, 0.6) is 0 Å². The zero-order valence-electron chi connectivity index (χ0n) is 13.3. The minimum absolute atomic E-state index is 0.363. The predicted octanol–water partition coefficient (Wildman–Crippen LogP) is 4.64. The molecule has 1 N–H and O–H groups in total. The number of hydrogen-bond donors (Lipinski definition) is 1. The molecule has 0 saturated carbocycles. The Kier molecular flexibility index (Phi) is 5.47. The Balaban J connectivity index is 2.01. The topological polar surface area (TPSA) is 51.2 Å². The summed E-state index contributed by atoms with van der Waals surface area (Å²) in [7, 11) is -3.20. The highest BCUT2D eigenvalue weighted by atomic mass is 79.9. The second-order valence-corrected chi connectivity index (χ2v) is 8.29. The molecule has 124 valence electrons. The number of rotatable bonds is 6. The van der Waals surface area contributed by atoms with E-state index in [9.17, 15) is 4.57 Å². The normalized spacial score (nSPS) is 13.8. The van der Waals surface area contributed by atoms with Gasteiger partial charge < -0.3 is 4.52 Å². The lowest BCUT2D eigenvalue weighted by Gasteiger charge is -2.21. The molecule has 0 aliphatic rings. The van der Waals surface area contributed by atoms with Crippen LogP contribution in [0.2, 0.25) is 0 Å². The van der Waals surface area contributed by atoms with Crippen molar-refractivity contribution in [3.05, 3.63) is 71.0 Å². The summed E-state index contributed by atoms with van der Waals surface area (Å²) >= 11 is 3.55. The van der Waals surface area contributed by atoms with Crippen molar-refractivity contribution < 1.29 is 9.09 Å². The fourth-order valence-corrected chi connectivity index (χ4v) is 5.00. The average Bonchev–Trinajstić information content (AvgIpc) is 2.62. The van der Waals surface area contributed by atoms with Crippen molar-refractivity contribution in [2.45, 2.75) is 13.5 Å². The van der Waals surface area contributed by atoms with Crippen molar-refractivity contribution in [2.24, 2.45) is 0 Å². The number of pyridine rings is 1. The highest BCUT2D eigenvalue weighted by molar-refractivity contribution is 9.10. The average molecular weight is 405 g/mol. The molecule has 0 radical (unpaired) electrons. The van der Waals surface area contributed by atoms with Crippen molar-refractivity contribution in [2.75, 3.05) is 6.61 Å². The van der Waals surface area contributed by atoms with Gasteiger partial charge in [-0.15, -0.1) is 0 Å². The maximum Gasteiger partial charge on any atom is 0.300 e. The lowest BCUT2D eigenvalue weighted by atomic mass is 10.1. The SMILES string of the molecule is CCOP(=O)(NCc1cccnc1)c1ccc(Br)c2ccccc12. The standard InChI is InChI=1S/C18H18BrN2O2P/c1-2-23-24(22,21-13-14-6-5-11-20-12-14)18-10-9-17(19)15-7-3-4-8-16(15)18/h3-12H,2,13H2,1H3,(H,21,22). The van der Waals surface area contributed by atoms with Crippen LogP contribution in [-0.2, 0) is 15.6 Å². The molecule has 0 saturated heterocycles. The molecule has 0 bridgehead atoms. The Hall–Kier alpha value is -1.52. The van der Waals surface area contributed by atoms with Crippen LogP contribution in [0.4, 0.5) is 0 Å². The first-order valence-electron chi connectivity index (χ1n) is 7.70. The minimum Gasteiger partial charge on any atom is -0.315 e. The van der Waals surface area contributed by atoms with Gasteiger partial charge in [-0.3, -0.25) is 9.55 Å². The summed E-state index contributed by atoms with van der Waals surface area (Å²) in [5.41, 5.74) is 0.957. The molecular weight excluding hydrogens is 387 g/mol. The molecule has 0 aliphatic carbocycles. The van der Waals surface area contributed by atoms with Gasteiger partial charge in [-0.25, -0.2) is 5.09 Å². The highest BCUT2D eigenvalue weighted by Gasteiger charge is 2.27. The van der Waals surface area contributed by atoms with E-state index in [1.165, 1.54) is 0 Å². The molecule has 1 atom stereocenters. The molecule has 3 rings (SSSR count). The van der Waals surface area contributed by atoms with Gasteiger partial charge in [0, 0.05) is 23.4 Å². The molecule has 24 heavy (non-hydrogen) atoms. The van der Waals surface area contributed by atoms with Crippen molar-refractivity contribution in [1.29, 1.82) is 0 Å². The maximum absolute atomic E-state index is 13.5. The lowest BCUT2D eigenvalue weighted by molar-refractivity contribution is 0.332. The lowest BCUT2D eigenvalue weighted by Crippen LogP contribution is -2.22. The first-order chi connectivity index (χ1) is 11.6. The minimum atomic E-state index is -3.20. The molecule has 3 aromatic rings. The van der Waals surface area contributed by atoms with Crippen molar-refractivity contribution in [1.82, 2.24) is 10.1 Å². The molecule has 0 spiro atoms. The largest absolute Gasteiger partial charge is 0.315 e. The third-order valence-electron chi connectivity index (χ3n) is 3.69. The van der Waals surface area contributed by atoms with Gasteiger partial charge in [-0.05, 0) is 41.5 Å². The third-order valence-corrected chi connectivity index (χ3v) is 6.60. The smallest absolute Gasteiger partial charge is 0.300 e. The van der Waals surface area contributed by atoms with E-state index in [4.69, 9.17) is 4.52 Å². The van der Waals surface area contributed by atoms with Crippen LogP contribution in [-0.4, -0.2) is 11.6 Å².